The lowest BCUT2D eigenvalue weighted by Crippen LogP contribution is -1.93. The molecule has 0 fully saturated rings. The Kier molecular flexibility index (Phi) is 2.34. The lowest BCUT2D eigenvalue weighted by atomic mass is 10.1. The van der Waals surface area contributed by atoms with Gasteiger partial charge in [-0.15, -0.1) is 0 Å². The number of hydrogen-bond donors (Lipinski definition) is 0. The third-order valence-corrected chi connectivity index (χ3v) is 2.76. The fourth-order valence-corrected chi connectivity index (χ4v) is 2.01. The zero-order valence-corrected chi connectivity index (χ0v) is 9.05. The number of halogens is 1. The number of hydrogen-bond acceptors (Lipinski definition) is 0. The van der Waals surface area contributed by atoms with Crippen molar-refractivity contribution in [3.8, 4) is 11.3 Å². The Morgan fingerprint density at radius 3 is 2.29 bits per heavy atom. The molecular formula is C12H12ClN. The van der Waals surface area contributed by atoms with Crippen LogP contribution in [0.1, 0.15) is 5.69 Å². The van der Waals surface area contributed by atoms with Crippen molar-refractivity contribution in [1.82, 2.24) is 4.57 Å². The second-order valence-electron chi connectivity index (χ2n) is 3.41. The third-order valence-electron chi connectivity index (χ3n) is 2.47. The van der Waals surface area contributed by atoms with Crippen LogP contribution in [0, 0.1) is 6.92 Å². The van der Waals surface area contributed by atoms with Crippen molar-refractivity contribution >= 4 is 11.6 Å². The van der Waals surface area contributed by atoms with Gasteiger partial charge in [0.25, 0.3) is 0 Å². The minimum Gasteiger partial charge on any atom is -0.347 e. The van der Waals surface area contributed by atoms with Crippen LogP contribution < -0.4 is 0 Å². The van der Waals surface area contributed by atoms with Gasteiger partial charge in [-0.25, -0.2) is 0 Å². The molecule has 2 aromatic rings. The smallest absolute Gasteiger partial charge is 0.0669 e. The van der Waals surface area contributed by atoms with E-state index in [4.69, 9.17) is 11.6 Å². The summed E-state index contributed by atoms with van der Waals surface area (Å²) in [6.45, 7) is 2.05. The van der Waals surface area contributed by atoms with Gasteiger partial charge in [0.15, 0.2) is 0 Å². The van der Waals surface area contributed by atoms with Crippen LogP contribution in [-0.4, -0.2) is 4.57 Å². The zero-order valence-electron chi connectivity index (χ0n) is 8.29. The maximum Gasteiger partial charge on any atom is 0.0669 e. The van der Waals surface area contributed by atoms with E-state index < -0.39 is 0 Å². The summed E-state index contributed by atoms with van der Waals surface area (Å²) in [6, 6.07) is 12.2. The maximum atomic E-state index is 6.16. The molecule has 0 aliphatic rings. The topological polar surface area (TPSA) is 4.93 Å². The Bertz CT molecular complexity index is 443. The SMILES string of the molecule is Cc1cc(Cl)c(-c2ccccc2)n1C. The van der Waals surface area contributed by atoms with Gasteiger partial charge in [0.1, 0.15) is 0 Å². The highest BCUT2D eigenvalue weighted by Crippen LogP contribution is 2.29. The highest BCUT2D eigenvalue weighted by atomic mass is 35.5. The predicted molar refractivity (Wildman–Crippen MR) is 60.6 cm³/mol. The molecule has 0 spiro atoms. The van der Waals surface area contributed by atoms with E-state index in [1.165, 1.54) is 5.69 Å². The number of aromatic nitrogens is 1. The molecule has 0 saturated heterocycles. The summed E-state index contributed by atoms with van der Waals surface area (Å²) in [5, 5.41) is 0.816. The average Bonchev–Trinajstić information content (AvgIpc) is 2.43. The van der Waals surface area contributed by atoms with Gasteiger partial charge in [0.05, 0.1) is 10.7 Å². The van der Waals surface area contributed by atoms with Crippen LogP contribution in [-0.2, 0) is 7.05 Å². The van der Waals surface area contributed by atoms with Crippen LogP contribution in [0.25, 0.3) is 11.3 Å². The van der Waals surface area contributed by atoms with Crippen molar-refractivity contribution in [1.29, 1.82) is 0 Å². The average molecular weight is 206 g/mol. The standard InChI is InChI=1S/C12H12ClN/c1-9-8-11(13)12(14(9)2)10-6-4-3-5-7-10/h3-8H,1-2H3. The molecule has 0 atom stereocenters. The highest BCUT2D eigenvalue weighted by Gasteiger charge is 2.09. The van der Waals surface area contributed by atoms with Gasteiger partial charge in [-0.05, 0) is 18.6 Å². The van der Waals surface area contributed by atoms with E-state index in [0.29, 0.717) is 0 Å². The van der Waals surface area contributed by atoms with Crippen molar-refractivity contribution in [2.45, 2.75) is 6.92 Å². The largest absolute Gasteiger partial charge is 0.347 e. The summed E-state index contributed by atoms with van der Waals surface area (Å²) in [6.07, 6.45) is 0. The molecule has 2 heteroatoms. The van der Waals surface area contributed by atoms with E-state index >= 15 is 0 Å². The molecule has 0 bridgehead atoms. The van der Waals surface area contributed by atoms with E-state index in [1.807, 2.05) is 31.3 Å². The quantitative estimate of drug-likeness (QED) is 0.670. The molecule has 0 radical (unpaired) electrons. The highest BCUT2D eigenvalue weighted by molar-refractivity contribution is 6.33. The van der Waals surface area contributed by atoms with E-state index in [0.717, 1.165) is 16.3 Å². The summed E-state index contributed by atoms with van der Waals surface area (Å²) in [4.78, 5) is 0. The molecule has 0 saturated carbocycles. The molecule has 1 heterocycles. The molecule has 1 aromatic carbocycles. The first-order chi connectivity index (χ1) is 6.70. The molecule has 0 aliphatic carbocycles. The van der Waals surface area contributed by atoms with Gasteiger partial charge in [-0.2, -0.15) is 0 Å². The second-order valence-corrected chi connectivity index (χ2v) is 3.81. The van der Waals surface area contributed by atoms with E-state index in [2.05, 4.69) is 23.6 Å². The maximum absolute atomic E-state index is 6.16. The van der Waals surface area contributed by atoms with Gasteiger partial charge >= 0.3 is 0 Å². The minimum absolute atomic E-state index is 0.816. The van der Waals surface area contributed by atoms with Crippen molar-refractivity contribution in [2.75, 3.05) is 0 Å². The lowest BCUT2D eigenvalue weighted by Gasteiger charge is -2.05. The van der Waals surface area contributed by atoms with Crippen LogP contribution in [0.4, 0.5) is 0 Å². The van der Waals surface area contributed by atoms with E-state index in [9.17, 15) is 0 Å². The molecule has 0 unspecified atom stereocenters. The van der Waals surface area contributed by atoms with Gasteiger partial charge < -0.3 is 4.57 Å². The summed E-state index contributed by atoms with van der Waals surface area (Å²) in [7, 11) is 2.03. The molecule has 1 aromatic heterocycles. The number of aryl methyl sites for hydroxylation is 1. The summed E-state index contributed by atoms with van der Waals surface area (Å²) >= 11 is 6.16. The van der Waals surface area contributed by atoms with Crippen molar-refractivity contribution in [2.24, 2.45) is 7.05 Å². The molecule has 2 rings (SSSR count). The first-order valence-electron chi connectivity index (χ1n) is 4.57. The Labute approximate surface area is 88.9 Å². The van der Waals surface area contributed by atoms with Crippen LogP contribution in [0.3, 0.4) is 0 Å². The Morgan fingerprint density at radius 1 is 1.14 bits per heavy atom. The van der Waals surface area contributed by atoms with Crippen LogP contribution in [0.2, 0.25) is 5.02 Å². The summed E-state index contributed by atoms with van der Waals surface area (Å²) in [5.74, 6) is 0. The molecule has 72 valence electrons. The Balaban J connectivity index is 2.62. The number of nitrogens with zero attached hydrogens (tertiary/aromatic N) is 1. The molecule has 0 N–H and O–H groups in total. The molecule has 0 aliphatic heterocycles. The number of rotatable bonds is 1. The Morgan fingerprint density at radius 2 is 1.79 bits per heavy atom. The molecular weight excluding hydrogens is 194 g/mol. The van der Waals surface area contributed by atoms with Gasteiger partial charge in [0.2, 0.25) is 0 Å². The van der Waals surface area contributed by atoms with E-state index in [-0.39, 0.29) is 0 Å². The van der Waals surface area contributed by atoms with Gasteiger partial charge in [0, 0.05) is 12.7 Å². The third kappa shape index (κ3) is 1.44. The predicted octanol–water partition coefficient (Wildman–Crippen LogP) is 3.65. The first kappa shape index (κ1) is 9.35. The molecule has 14 heavy (non-hydrogen) atoms. The normalized spacial score (nSPS) is 10.5. The number of benzene rings is 1. The summed E-state index contributed by atoms with van der Waals surface area (Å²) < 4.78 is 2.11. The fourth-order valence-electron chi connectivity index (χ4n) is 1.61. The lowest BCUT2D eigenvalue weighted by molar-refractivity contribution is 0.891. The molecule has 1 nitrogen and oxygen atoms in total. The zero-order chi connectivity index (χ0) is 10.1. The Hall–Kier alpha value is -1.21. The van der Waals surface area contributed by atoms with Crippen molar-refractivity contribution in [3.05, 3.63) is 47.1 Å². The summed E-state index contributed by atoms with van der Waals surface area (Å²) in [5.41, 5.74) is 3.42. The van der Waals surface area contributed by atoms with E-state index in [1.54, 1.807) is 0 Å². The minimum atomic E-state index is 0.816. The first-order valence-corrected chi connectivity index (χ1v) is 4.95. The second kappa shape index (κ2) is 3.50. The van der Waals surface area contributed by atoms with Crippen molar-refractivity contribution in [3.63, 3.8) is 0 Å². The fraction of sp³-hybridized carbons (Fsp3) is 0.167. The van der Waals surface area contributed by atoms with Crippen LogP contribution in [0.15, 0.2) is 36.4 Å². The van der Waals surface area contributed by atoms with Crippen LogP contribution >= 0.6 is 11.6 Å². The monoisotopic (exact) mass is 205 g/mol. The molecule has 0 amide bonds. The van der Waals surface area contributed by atoms with Crippen LogP contribution in [0.5, 0.6) is 0 Å². The van der Waals surface area contributed by atoms with Crippen molar-refractivity contribution < 1.29 is 0 Å². The van der Waals surface area contributed by atoms with Gasteiger partial charge in [-0.3, -0.25) is 0 Å². The van der Waals surface area contributed by atoms with Gasteiger partial charge in [-0.1, -0.05) is 41.9 Å².